The van der Waals surface area contributed by atoms with Crippen LogP contribution >= 0.6 is 0 Å². The van der Waals surface area contributed by atoms with Gasteiger partial charge in [-0.15, -0.1) is 0 Å². The van der Waals surface area contributed by atoms with Crippen molar-refractivity contribution < 1.29 is 20.0 Å². The number of rotatable bonds is 2. The first-order chi connectivity index (χ1) is 6.00. The Labute approximate surface area is 75.3 Å². The van der Waals surface area contributed by atoms with E-state index in [4.69, 9.17) is 11.5 Å². The quantitative estimate of drug-likeness (QED) is 0.358. The molecule has 7 N–H and O–H groups in total. The van der Waals surface area contributed by atoms with Gasteiger partial charge < -0.3 is 21.9 Å². The first-order valence-electron chi connectivity index (χ1n) is 4.12. The maximum Gasteiger partial charge on any atom is 0.275 e. The number of aliphatic hydroxyl groups excluding tert-OH is 1. The normalized spacial score (nSPS) is 34.1. The first kappa shape index (κ1) is 9.94. The highest BCUT2D eigenvalue weighted by Crippen LogP contribution is 2.07. The third-order valence-electron chi connectivity index (χ3n) is 2.25. The van der Waals surface area contributed by atoms with Gasteiger partial charge in [-0.05, 0) is 0 Å². The maximum atomic E-state index is 10.8. The lowest BCUT2D eigenvalue weighted by atomic mass is 9.95. The van der Waals surface area contributed by atoms with Crippen LogP contribution in [0, 0.1) is 0 Å². The van der Waals surface area contributed by atoms with Crippen LogP contribution < -0.4 is 16.8 Å². The number of carbonyl (C=O) groups is 2. The molecule has 0 saturated carbocycles. The summed E-state index contributed by atoms with van der Waals surface area (Å²) in [5.41, 5.74) is 10.1. The van der Waals surface area contributed by atoms with Gasteiger partial charge in [-0.1, -0.05) is 0 Å². The summed E-state index contributed by atoms with van der Waals surface area (Å²) in [6.45, 7) is 0. The van der Waals surface area contributed by atoms with Gasteiger partial charge in [0.2, 0.25) is 0 Å². The molecule has 13 heavy (non-hydrogen) atoms. The number of piperidine rings is 1. The summed E-state index contributed by atoms with van der Waals surface area (Å²) in [6, 6.07) is -1.08. The molecule has 1 unspecified atom stereocenters. The first-order valence-corrected chi connectivity index (χ1v) is 4.12. The summed E-state index contributed by atoms with van der Waals surface area (Å²) in [5.74, 6) is -1.05. The fourth-order valence-electron chi connectivity index (χ4n) is 1.54. The lowest BCUT2D eigenvalue weighted by Gasteiger charge is -2.27. The van der Waals surface area contributed by atoms with E-state index in [2.05, 4.69) is 0 Å². The van der Waals surface area contributed by atoms with Gasteiger partial charge in [-0.25, -0.2) is 0 Å². The van der Waals surface area contributed by atoms with Crippen LogP contribution in [0.2, 0.25) is 0 Å². The molecule has 3 atom stereocenters. The SMILES string of the molecule is NC(=O)[C@@H]1CC(O)C[C@H](C(N)=O)[NH2+]1. The average Bonchev–Trinajstić information content (AvgIpc) is 2.03. The lowest BCUT2D eigenvalue weighted by molar-refractivity contribution is -0.708. The van der Waals surface area contributed by atoms with Crippen LogP contribution in [-0.4, -0.2) is 35.1 Å². The van der Waals surface area contributed by atoms with E-state index in [9.17, 15) is 14.7 Å². The summed E-state index contributed by atoms with van der Waals surface area (Å²) in [5, 5.41) is 10.8. The Balaban J connectivity index is 2.62. The number of hydrogen-bond donors (Lipinski definition) is 4. The maximum absolute atomic E-state index is 10.8. The second-order valence-corrected chi connectivity index (χ2v) is 3.34. The molecule has 0 bridgehead atoms. The van der Waals surface area contributed by atoms with E-state index in [0.717, 1.165) is 0 Å². The van der Waals surface area contributed by atoms with Crippen molar-refractivity contribution in [2.45, 2.75) is 31.0 Å². The zero-order valence-corrected chi connectivity index (χ0v) is 7.14. The van der Waals surface area contributed by atoms with Gasteiger partial charge in [-0.3, -0.25) is 9.59 Å². The van der Waals surface area contributed by atoms with Crippen molar-refractivity contribution in [2.75, 3.05) is 0 Å². The second kappa shape index (κ2) is 3.71. The number of amides is 2. The number of primary amides is 2. The molecule has 1 aliphatic rings. The van der Waals surface area contributed by atoms with Crippen molar-refractivity contribution in [2.24, 2.45) is 11.5 Å². The highest BCUT2D eigenvalue weighted by Gasteiger charge is 2.36. The van der Waals surface area contributed by atoms with Crippen LogP contribution in [0.5, 0.6) is 0 Å². The standard InChI is InChI=1S/C7H13N3O3/c8-6(12)4-1-3(11)2-5(10-4)7(9)13/h3-5,10-11H,1-2H2,(H2,8,12)(H2,9,13)/p+1/t3?,4-,5+. The fraction of sp³-hybridized carbons (Fsp3) is 0.714. The molecule has 1 heterocycles. The van der Waals surface area contributed by atoms with Gasteiger partial charge in [0.25, 0.3) is 11.8 Å². The molecule has 2 amide bonds. The molecule has 1 rings (SSSR count). The van der Waals surface area contributed by atoms with Crippen LogP contribution in [0.3, 0.4) is 0 Å². The minimum absolute atomic E-state index is 0.291. The predicted molar refractivity (Wildman–Crippen MR) is 43.1 cm³/mol. The Kier molecular flexibility index (Phi) is 2.84. The minimum atomic E-state index is -0.667. The van der Waals surface area contributed by atoms with Gasteiger partial charge in [-0.2, -0.15) is 0 Å². The van der Waals surface area contributed by atoms with Gasteiger partial charge in [0.05, 0.1) is 6.10 Å². The van der Waals surface area contributed by atoms with Crippen LogP contribution in [-0.2, 0) is 9.59 Å². The third-order valence-corrected chi connectivity index (χ3v) is 2.25. The van der Waals surface area contributed by atoms with Crippen LogP contribution in [0.15, 0.2) is 0 Å². The number of carbonyl (C=O) groups excluding carboxylic acids is 2. The largest absolute Gasteiger partial charge is 0.393 e. The molecule has 6 nitrogen and oxygen atoms in total. The Hall–Kier alpha value is -1.14. The molecular weight excluding hydrogens is 174 g/mol. The molecule has 0 aromatic rings. The highest BCUT2D eigenvalue weighted by atomic mass is 16.3. The van der Waals surface area contributed by atoms with E-state index in [0.29, 0.717) is 12.8 Å². The summed E-state index contributed by atoms with van der Waals surface area (Å²) >= 11 is 0. The van der Waals surface area contributed by atoms with E-state index < -0.39 is 30.0 Å². The van der Waals surface area contributed by atoms with Gasteiger partial charge in [0.15, 0.2) is 12.1 Å². The molecule has 1 aliphatic heterocycles. The molecule has 0 aliphatic carbocycles. The monoisotopic (exact) mass is 188 g/mol. The number of hydrogen-bond acceptors (Lipinski definition) is 3. The van der Waals surface area contributed by atoms with Crippen molar-refractivity contribution in [3.05, 3.63) is 0 Å². The molecular formula is C7H14N3O3+. The summed E-state index contributed by atoms with van der Waals surface area (Å²) < 4.78 is 0. The summed E-state index contributed by atoms with van der Waals surface area (Å²) in [7, 11) is 0. The Morgan fingerprint density at radius 1 is 1.15 bits per heavy atom. The van der Waals surface area contributed by atoms with E-state index in [-0.39, 0.29) is 0 Å². The molecule has 0 aromatic carbocycles. The van der Waals surface area contributed by atoms with E-state index in [1.54, 1.807) is 0 Å². The molecule has 0 radical (unpaired) electrons. The van der Waals surface area contributed by atoms with Crippen molar-refractivity contribution in [3.8, 4) is 0 Å². The number of quaternary nitrogens is 1. The molecule has 6 heteroatoms. The van der Waals surface area contributed by atoms with Gasteiger partial charge >= 0.3 is 0 Å². The zero-order chi connectivity index (χ0) is 10.0. The zero-order valence-electron chi connectivity index (χ0n) is 7.14. The lowest BCUT2D eigenvalue weighted by Crippen LogP contribution is -3.01. The van der Waals surface area contributed by atoms with Crippen LogP contribution in [0.4, 0.5) is 0 Å². The summed E-state index contributed by atoms with van der Waals surface area (Å²) in [6.07, 6.45) is -0.0851. The van der Waals surface area contributed by atoms with Crippen LogP contribution in [0.25, 0.3) is 0 Å². The van der Waals surface area contributed by atoms with Gasteiger partial charge in [0.1, 0.15) is 0 Å². The second-order valence-electron chi connectivity index (χ2n) is 3.34. The number of nitrogens with two attached hydrogens (primary N) is 3. The Morgan fingerprint density at radius 3 is 1.85 bits per heavy atom. The molecule has 1 fully saturated rings. The predicted octanol–water partition coefficient (Wildman–Crippen LogP) is -3.59. The van der Waals surface area contributed by atoms with Crippen molar-refractivity contribution >= 4 is 11.8 Å². The number of aliphatic hydroxyl groups is 1. The van der Waals surface area contributed by atoms with E-state index >= 15 is 0 Å². The van der Waals surface area contributed by atoms with Crippen molar-refractivity contribution in [1.29, 1.82) is 0 Å². The summed E-state index contributed by atoms with van der Waals surface area (Å²) in [4.78, 5) is 21.6. The van der Waals surface area contributed by atoms with Crippen molar-refractivity contribution in [1.82, 2.24) is 0 Å². The smallest absolute Gasteiger partial charge is 0.275 e. The fourth-order valence-corrected chi connectivity index (χ4v) is 1.54. The third kappa shape index (κ3) is 2.40. The topological polar surface area (TPSA) is 123 Å². The highest BCUT2D eigenvalue weighted by molar-refractivity contribution is 5.81. The molecule has 74 valence electrons. The van der Waals surface area contributed by atoms with Crippen LogP contribution in [0.1, 0.15) is 12.8 Å². The Morgan fingerprint density at radius 2 is 1.54 bits per heavy atom. The minimum Gasteiger partial charge on any atom is -0.393 e. The van der Waals surface area contributed by atoms with E-state index in [1.165, 1.54) is 5.32 Å². The molecule has 1 saturated heterocycles. The Bertz CT molecular complexity index is 209. The van der Waals surface area contributed by atoms with Crippen molar-refractivity contribution in [3.63, 3.8) is 0 Å². The van der Waals surface area contributed by atoms with Gasteiger partial charge in [0, 0.05) is 12.8 Å². The molecule has 0 spiro atoms. The van der Waals surface area contributed by atoms with E-state index in [1.807, 2.05) is 0 Å². The average molecular weight is 188 g/mol. The molecule has 0 aromatic heterocycles.